The fourth-order valence-electron chi connectivity index (χ4n) is 1.97. The Morgan fingerprint density at radius 1 is 1.50 bits per heavy atom. The first-order chi connectivity index (χ1) is 6.72. The summed E-state index contributed by atoms with van der Waals surface area (Å²) in [7, 11) is 0. The molecule has 0 radical (unpaired) electrons. The van der Waals surface area contributed by atoms with Gasteiger partial charge in [0.05, 0.1) is 5.56 Å². The lowest BCUT2D eigenvalue weighted by Gasteiger charge is -2.22. The average molecular weight is 190 g/mol. The Kier molecular flexibility index (Phi) is 2.22. The minimum Gasteiger partial charge on any atom is -0.327 e. The summed E-state index contributed by atoms with van der Waals surface area (Å²) in [6.45, 7) is 0. The minimum absolute atomic E-state index is 0.152. The zero-order chi connectivity index (χ0) is 10.1. The summed E-state index contributed by atoms with van der Waals surface area (Å²) >= 11 is 0. The van der Waals surface area contributed by atoms with Gasteiger partial charge < -0.3 is 5.73 Å². The van der Waals surface area contributed by atoms with Crippen LogP contribution in [-0.2, 0) is 12.8 Å². The lowest BCUT2D eigenvalue weighted by Crippen LogP contribution is -2.28. The topological polar surface area (TPSA) is 49.8 Å². The van der Waals surface area contributed by atoms with Gasteiger partial charge in [-0.1, -0.05) is 6.07 Å². The maximum atomic E-state index is 13.2. The van der Waals surface area contributed by atoms with Crippen molar-refractivity contribution in [2.75, 3.05) is 0 Å². The molecule has 14 heavy (non-hydrogen) atoms. The predicted molar refractivity (Wildman–Crippen MR) is 51.1 cm³/mol. The highest BCUT2D eigenvalue weighted by Crippen LogP contribution is 2.25. The molecule has 0 saturated carbocycles. The third-order valence-corrected chi connectivity index (χ3v) is 2.72. The van der Waals surface area contributed by atoms with Crippen molar-refractivity contribution < 1.29 is 4.39 Å². The second-order valence-electron chi connectivity index (χ2n) is 3.67. The molecule has 2 rings (SSSR count). The Labute approximate surface area is 82.1 Å². The quantitative estimate of drug-likeness (QED) is 0.674. The first-order valence-corrected chi connectivity index (χ1v) is 4.68. The molecule has 0 aromatic heterocycles. The molecular formula is C11H11FN2. The summed E-state index contributed by atoms with van der Waals surface area (Å²) in [5.41, 5.74) is 7.89. The van der Waals surface area contributed by atoms with Crippen molar-refractivity contribution in [3.63, 3.8) is 0 Å². The summed E-state index contributed by atoms with van der Waals surface area (Å²) < 4.78 is 13.2. The van der Waals surface area contributed by atoms with E-state index < -0.39 is 5.82 Å². The molecule has 0 amide bonds. The van der Waals surface area contributed by atoms with Gasteiger partial charge in [-0.2, -0.15) is 5.26 Å². The zero-order valence-electron chi connectivity index (χ0n) is 7.76. The van der Waals surface area contributed by atoms with Crippen LogP contribution in [0, 0.1) is 17.1 Å². The Hall–Kier alpha value is -1.40. The molecule has 2 nitrogen and oxygen atoms in total. The summed E-state index contributed by atoms with van der Waals surface area (Å²) in [6.07, 6.45) is 2.31. The van der Waals surface area contributed by atoms with Crippen LogP contribution in [0.15, 0.2) is 12.1 Å². The van der Waals surface area contributed by atoms with Crippen LogP contribution in [0.5, 0.6) is 0 Å². The monoisotopic (exact) mass is 190 g/mol. The second-order valence-corrected chi connectivity index (χ2v) is 3.67. The SMILES string of the molecule is N#Cc1c(F)ccc2c1CC[C@@H](N)C2. The van der Waals surface area contributed by atoms with E-state index in [9.17, 15) is 4.39 Å². The molecule has 0 heterocycles. The van der Waals surface area contributed by atoms with Crippen LogP contribution < -0.4 is 5.73 Å². The van der Waals surface area contributed by atoms with E-state index in [1.54, 1.807) is 6.07 Å². The molecule has 2 N–H and O–H groups in total. The number of hydrogen-bond donors (Lipinski definition) is 1. The third-order valence-electron chi connectivity index (χ3n) is 2.72. The summed E-state index contributed by atoms with van der Waals surface area (Å²) in [4.78, 5) is 0. The van der Waals surface area contributed by atoms with E-state index in [1.165, 1.54) is 6.07 Å². The fraction of sp³-hybridized carbons (Fsp3) is 0.364. The van der Waals surface area contributed by atoms with Crippen LogP contribution in [-0.4, -0.2) is 6.04 Å². The highest BCUT2D eigenvalue weighted by Gasteiger charge is 2.20. The third kappa shape index (κ3) is 1.38. The molecule has 0 spiro atoms. The molecule has 0 aliphatic heterocycles. The van der Waals surface area contributed by atoms with Gasteiger partial charge in [0.15, 0.2) is 0 Å². The highest BCUT2D eigenvalue weighted by atomic mass is 19.1. The molecule has 0 saturated heterocycles. The largest absolute Gasteiger partial charge is 0.327 e. The summed E-state index contributed by atoms with van der Waals surface area (Å²) in [5, 5.41) is 8.82. The summed E-state index contributed by atoms with van der Waals surface area (Å²) in [6, 6.07) is 5.17. The Bertz CT molecular complexity index is 406. The number of hydrogen-bond acceptors (Lipinski definition) is 2. The molecule has 3 heteroatoms. The van der Waals surface area contributed by atoms with Crippen LogP contribution in [0.25, 0.3) is 0 Å². The van der Waals surface area contributed by atoms with E-state index in [2.05, 4.69) is 0 Å². The Morgan fingerprint density at radius 2 is 2.29 bits per heavy atom. The van der Waals surface area contributed by atoms with Gasteiger partial charge in [-0.3, -0.25) is 0 Å². The van der Waals surface area contributed by atoms with Gasteiger partial charge in [0, 0.05) is 6.04 Å². The van der Waals surface area contributed by atoms with Gasteiger partial charge in [0.25, 0.3) is 0 Å². The van der Waals surface area contributed by atoms with Gasteiger partial charge in [0.1, 0.15) is 11.9 Å². The molecule has 72 valence electrons. The maximum Gasteiger partial charge on any atom is 0.141 e. The maximum absolute atomic E-state index is 13.2. The second kappa shape index (κ2) is 3.39. The van der Waals surface area contributed by atoms with Crippen molar-refractivity contribution in [2.24, 2.45) is 5.73 Å². The highest BCUT2D eigenvalue weighted by molar-refractivity contribution is 5.45. The van der Waals surface area contributed by atoms with Crippen molar-refractivity contribution >= 4 is 0 Å². The van der Waals surface area contributed by atoms with Gasteiger partial charge in [-0.15, -0.1) is 0 Å². The molecule has 1 aromatic carbocycles. The normalized spacial score (nSPS) is 19.9. The van der Waals surface area contributed by atoms with Gasteiger partial charge in [-0.05, 0) is 36.5 Å². The lowest BCUT2D eigenvalue weighted by atomic mass is 9.86. The first kappa shape index (κ1) is 9.17. The van der Waals surface area contributed by atoms with Crippen LogP contribution in [0.2, 0.25) is 0 Å². The molecule has 1 atom stereocenters. The molecule has 0 bridgehead atoms. The number of nitrogens with two attached hydrogens (primary N) is 1. The Balaban J connectivity index is 2.54. The van der Waals surface area contributed by atoms with Crippen LogP contribution >= 0.6 is 0 Å². The molecule has 1 aliphatic rings. The minimum atomic E-state index is -0.415. The van der Waals surface area contributed by atoms with Gasteiger partial charge in [0.2, 0.25) is 0 Å². The van der Waals surface area contributed by atoms with Gasteiger partial charge in [-0.25, -0.2) is 4.39 Å². The number of nitrogens with zero attached hydrogens (tertiary/aromatic N) is 1. The molecule has 0 fully saturated rings. The van der Waals surface area contributed by atoms with E-state index >= 15 is 0 Å². The van der Waals surface area contributed by atoms with Crippen molar-refractivity contribution in [3.8, 4) is 6.07 Å². The number of rotatable bonds is 0. The fourth-order valence-corrected chi connectivity index (χ4v) is 1.97. The van der Waals surface area contributed by atoms with E-state index in [1.807, 2.05) is 6.07 Å². The standard InChI is InChI=1S/C11H11FN2/c12-11-4-1-7-5-8(14)2-3-9(7)10(11)6-13/h1,4,8H,2-3,5,14H2/t8-/m1/s1. The number of benzene rings is 1. The van der Waals surface area contributed by atoms with Crippen molar-refractivity contribution in [2.45, 2.75) is 25.3 Å². The molecular weight excluding hydrogens is 179 g/mol. The average Bonchev–Trinajstić information content (AvgIpc) is 2.18. The number of nitriles is 1. The van der Waals surface area contributed by atoms with E-state index in [4.69, 9.17) is 11.0 Å². The smallest absolute Gasteiger partial charge is 0.141 e. The lowest BCUT2D eigenvalue weighted by molar-refractivity contribution is 0.564. The summed E-state index contributed by atoms with van der Waals surface area (Å²) in [5.74, 6) is -0.415. The van der Waals surface area contributed by atoms with E-state index in [0.29, 0.717) is 0 Å². The number of fused-ring (bicyclic) bond motifs is 1. The van der Waals surface area contributed by atoms with Gasteiger partial charge >= 0.3 is 0 Å². The molecule has 1 aromatic rings. The van der Waals surface area contributed by atoms with Crippen molar-refractivity contribution in [1.82, 2.24) is 0 Å². The van der Waals surface area contributed by atoms with Crippen molar-refractivity contribution in [3.05, 3.63) is 34.6 Å². The van der Waals surface area contributed by atoms with Crippen LogP contribution in [0.3, 0.4) is 0 Å². The van der Waals surface area contributed by atoms with E-state index in [0.717, 1.165) is 30.4 Å². The van der Waals surface area contributed by atoms with E-state index in [-0.39, 0.29) is 11.6 Å². The van der Waals surface area contributed by atoms with Crippen LogP contribution in [0.4, 0.5) is 4.39 Å². The molecule has 1 aliphatic carbocycles. The number of halogens is 1. The molecule has 0 unspecified atom stereocenters. The van der Waals surface area contributed by atoms with Crippen molar-refractivity contribution in [1.29, 1.82) is 5.26 Å². The zero-order valence-corrected chi connectivity index (χ0v) is 7.76. The first-order valence-electron chi connectivity index (χ1n) is 4.68. The predicted octanol–water partition coefficient (Wildman–Crippen LogP) is 1.51. The Morgan fingerprint density at radius 3 is 3.00 bits per heavy atom. The van der Waals surface area contributed by atoms with Crippen LogP contribution in [0.1, 0.15) is 23.1 Å².